The van der Waals surface area contributed by atoms with Crippen LogP contribution in [0.4, 0.5) is 0 Å². The quantitative estimate of drug-likeness (QED) is 0.886. The van der Waals surface area contributed by atoms with Gasteiger partial charge in [-0.1, -0.05) is 23.2 Å². The van der Waals surface area contributed by atoms with Gasteiger partial charge < -0.3 is 10.2 Å². The van der Waals surface area contributed by atoms with Gasteiger partial charge in [0.15, 0.2) is 5.69 Å². The number of carboxylic acids is 1. The van der Waals surface area contributed by atoms with Crippen LogP contribution >= 0.6 is 23.2 Å². The first-order chi connectivity index (χ1) is 8.47. The average molecular weight is 284 g/mol. The molecule has 0 spiro atoms. The zero-order valence-electron chi connectivity index (χ0n) is 8.89. The number of halogens is 2. The minimum Gasteiger partial charge on any atom is -0.505 e. The van der Waals surface area contributed by atoms with Gasteiger partial charge >= 0.3 is 5.97 Å². The van der Waals surface area contributed by atoms with Crippen molar-refractivity contribution in [1.82, 2.24) is 4.98 Å². The van der Waals surface area contributed by atoms with Gasteiger partial charge in [-0.3, -0.25) is 0 Å². The van der Waals surface area contributed by atoms with E-state index in [0.717, 1.165) is 0 Å². The van der Waals surface area contributed by atoms with Crippen LogP contribution in [0.2, 0.25) is 10.0 Å². The third-order valence-corrected chi connectivity index (χ3v) is 2.70. The zero-order valence-corrected chi connectivity index (χ0v) is 10.4. The Balaban J connectivity index is 2.52. The highest BCUT2D eigenvalue weighted by Crippen LogP contribution is 2.29. The highest BCUT2D eigenvalue weighted by Gasteiger charge is 2.12. The molecule has 1 heterocycles. The zero-order chi connectivity index (χ0) is 13.3. The van der Waals surface area contributed by atoms with Crippen molar-refractivity contribution in [1.29, 1.82) is 0 Å². The van der Waals surface area contributed by atoms with E-state index >= 15 is 0 Å². The second kappa shape index (κ2) is 4.84. The summed E-state index contributed by atoms with van der Waals surface area (Å²) in [4.78, 5) is 14.4. The van der Waals surface area contributed by atoms with Crippen molar-refractivity contribution in [2.75, 3.05) is 0 Å². The van der Waals surface area contributed by atoms with E-state index in [0.29, 0.717) is 21.2 Å². The summed E-state index contributed by atoms with van der Waals surface area (Å²) in [5, 5.41) is 19.2. The first kappa shape index (κ1) is 12.7. The highest BCUT2D eigenvalue weighted by molar-refractivity contribution is 6.35. The second-order valence-electron chi connectivity index (χ2n) is 3.56. The van der Waals surface area contributed by atoms with E-state index in [1.54, 1.807) is 18.2 Å². The van der Waals surface area contributed by atoms with Crippen LogP contribution in [0.1, 0.15) is 10.5 Å². The van der Waals surface area contributed by atoms with Gasteiger partial charge in [0, 0.05) is 21.8 Å². The van der Waals surface area contributed by atoms with Crippen molar-refractivity contribution >= 4 is 29.2 Å². The first-order valence-electron chi connectivity index (χ1n) is 4.86. The summed E-state index contributed by atoms with van der Waals surface area (Å²) in [7, 11) is 0. The van der Waals surface area contributed by atoms with E-state index in [9.17, 15) is 9.90 Å². The summed E-state index contributed by atoms with van der Waals surface area (Å²) in [6, 6.07) is 6.17. The number of carbonyl (C=O) groups is 1. The average Bonchev–Trinajstić information content (AvgIpc) is 2.26. The fourth-order valence-electron chi connectivity index (χ4n) is 1.50. The molecule has 2 aromatic rings. The topological polar surface area (TPSA) is 70.4 Å². The number of nitrogens with zero attached hydrogens (tertiary/aromatic N) is 1. The van der Waals surface area contributed by atoms with Crippen LogP contribution in [0.15, 0.2) is 30.5 Å². The Morgan fingerprint density at radius 1 is 1.06 bits per heavy atom. The Hall–Kier alpha value is -1.78. The third-order valence-electron chi connectivity index (χ3n) is 2.27. The van der Waals surface area contributed by atoms with Crippen molar-refractivity contribution < 1.29 is 15.0 Å². The summed E-state index contributed by atoms with van der Waals surface area (Å²) in [6.07, 6.45) is 1.34. The lowest BCUT2D eigenvalue weighted by Gasteiger charge is -2.05. The van der Waals surface area contributed by atoms with Gasteiger partial charge in [-0.05, 0) is 29.8 Å². The maximum absolute atomic E-state index is 10.7. The monoisotopic (exact) mass is 283 g/mol. The van der Waals surface area contributed by atoms with Gasteiger partial charge in [0.25, 0.3) is 0 Å². The van der Waals surface area contributed by atoms with Gasteiger partial charge in [-0.2, -0.15) is 0 Å². The molecule has 2 N–H and O–H groups in total. The van der Waals surface area contributed by atoms with Crippen LogP contribution in [0.3, 0.4) is 0 Å². The first-order valence-corrected chi connectivity index (χ1v) is 5.62. The number of aromatic carboxylic acids is 1. The normalized spacial score (nSPS) is 10.3. The van der Waals surface area contributed by atoms with Crippen LogP contribution in [0, 0.1) is 0 Å². The number of aromatic nitrogens is 1. The minimum atomic E-state index is -1.29. The van der Waals surface area contributed by atoms with Crippen LogP contribution in [-0.4, -0.2) is 21.2 Å². The lowest BCUT2D eigenvalue weighted by molar-refractivity contribution is 0.0687. The molecule has 0 amide bonds. The smallest absolute Gasteiger partial charge is 0.358 e. The molecule has 0 aliphatic carbocycles. The van der Waals surface area contributed by atoms with E-state index in [1.165, 1.54) is 12.3 Å². The molecule has 0 radical (unpaired) electrons. The summed E-state index contributed by atoms with van der Waals surface area (Å²) < 4.78 is 0. The van der Waals surface area contributed by atoms with Gasteiger partial charge in [-0.25, -0.2) is 9.78 Å². The number of aromatic hydroxyl groups is 1. The molecule has 2 rings (SSSR count). The van der Waals surface area contributed by atoms with E-state index in [1.807, 2.05) is 0 Å². The van der Waals surface area contributed by atoms with Crippen LogP contribution < -0.4 is 0 Å². The Morgan fingerprint density at radius 3 is 2.17 bits per heavy atom. The molecule has 0 saturated heterocycles. The number of carboxylic acid groups (broad SMARTS) is 1. The fraction of sp³-hybridized carbons (Fsp3) is 0. The molecule has 18 heavy (non-hydrogen) atoms. The maximum Gasteiger partial charge on any atom is 0.358 e. The molecule has 0 bridgehead atoms. The second-order valence-corrected chi connectivity index (χ2v) is 4.43. The molecule has 0 aliphatic rings. The Morgan fingerprint density at radius 2 is 1.67 bits per heavy atom. The number of hydrogen-bond donors (Lipinski definition) is 2. The van der Waals surface area contributed by atoms with Crippen molar-refractivity contribution in [2.45, 2.75) is 0 Å². The summed E-state index contributed by atoms with van der Waals surface area (Å²) in [5.41, 5.74) is 0.779. The molecule has 4 nitrogen and oxygen atoms in total. The predicted molar refractivity (Wildman–Crippen MR) is 68.3 cm³/mol. The molecule has 92 valence electrons. The lowest BCUT2D eigenvalue weighted by atomic mass is 10.1. The van der Waals surface area contributed by atoms with Crippen molar-refractivity contribution in [2.24, 2.45) is 0 Å². The van der Waals surface area contributed by atoms with Crippen LogP contribution in [-0.2, 0) is 0 Å². The number of hydrogen-bond acceptors (Lipinski definition) is 3. The summed E-state index contributed by atoms with van der Waals surface area (Å²) in [5.74, 6) is -1.70. The Labute approximate surface area is 112 Å². The maximum atomic E-state index is 10.7. The molecule has 6 heteroatoms. The van der Waals surface area contributed by atoms with Crippen molar-refractivity contribution in [3.63, 3.8) is 0 Å². The van der Waals surface area contributed by atoms with E-state index in [-0.39, 0.29) is 0 Å². The van der Waals surface area contributed by atoms with Gasteiger partial charge in [0.2, 0.25) is 0 Å². The standard InChI is InChI=1S/C12H7Cl2NO3/c13-8-1-6(2-9(14)4-8)7-3-10(16)11(12(17)18)15-5-7/h1-5,16H,(H,17,18). The molecule has 1 aromatic carbocycles. The Bertz CT molecular complexity index is 608. The van der Waals surface area contributed by atoms with E-state index < -0.39 is 17.4 Å². The van der Waals surface area contributed by atoms with Gasteiger partial charge in [0.05, 0.1) is 0 Å². The van der Waals surface area contributed by atoms with Gasteiger partial charge in [0.1, 0.15) is 5.75 Å². The summed E-state index contributed by atoms with van der Waals surface area (Å²) in [6.45, 7) is 0. The third kappa shape index (κ3) is 2.55. The van der Waals surface area contributed by atoms with Gasteiger partial charge in [-0.15, -0.1) is 0 Å². The highest BCUT2D eigenvalue weighted by atomic mass is 35.5. The molecule has 1 aromatic heterocycles. The minimum absolute atomic E-state index is 0.396. The summed E-state index contributed by atoms with van der Waals surface area (Å²) >= 11 is 11.7. The van der Waals surface area contributed by atoms with Crippen LogP contribution in [0.25, 0.3) is 11.1 Å². The molecule has 0 atom stereocenters. The van der Waals surface area contributed by atoms with Crippen LogP contribution in [0.5, 0.6) is 5.75 Å². The molecular formula is C12H7Cl2NO3. The molecule has 0 saturated carbocycles. The molecular weight excluding hydrogens is 277 g/mol. The van der Waals surface area contributed by atoms with E-state index in [4.69, 9.17) is 28.3 Å². The Kier molecular flexibility index (Phi) is 3.41. The predicted octanol–water partition coefficient (Wildman–Crippen LogP) is 3.46. The number of rotatable bonds is 2. The molecule has 0 fully saturated rings. The SMILES string of the molecule is O=C(O)c1ncc(-c2cc(Cl)cc(Cl)c2)cc1O. The molecule has 0 unspecified atom stereocenters. The molecule has 0 aliphatic heterocycles. The fourth-order valence-corrected chi connectivity index (χ4v) is 2.02. The lowest BCUT2D eigenvalue weighted by Crippen LogP contribution is -2.00. The van der Waals surface area contributed by atoms with E-state index in [2.05, 4.69) is 4.98 Å². The number of benzene rings is 1. The largest absolute Gasteiger partial charge is 0.505 e. The van der Waals surface area contributed by atoms with Crippen molar-refractivity contribution in [3.05, 3.63) is 46.2 Å². The van der Waals surface area contributed by atoms with Crippen molar-refractivity contribution in [3.8, 4) is 16.9 Å². The number of pyridine rings is 1.